The van der Waals surface area contributed by atoms with Crippen LogP contribution >= 0.6 is 11.6 Å². The summed E-state index contributed by atoms with van der Waals surface area (Å²) in [5.74, 6) is 2.96. The molecule has 0 amide bonds. The van der Waals surface area contributed by atoms with Crippen molar-refractivity contribution in [1.82, 2.24) is 0 Å². The van der Waals surface area contributed by atoms with E-state index in [1.54, 1.807) is 0 Å². The third kappa shape index (κ3) is 1.53. The number of hydrogen-bond acceptors (Lipinski definition) is 1. The van der Waals surface area contributed by atoms with Crippen LogP contribution in [0.25, 0.3) is 0 Å². The van der Waals surface area contributed by atoms with Gasteiger partial charge in [0.1, 0.15) is 0 Å². The van der Waals surface area contributed by atoms with Gasteiger partial charge in [0.25, 0.3) is 0 Å². The minimum absolute atomic E-state index is 0.224. The van der Waals surface area contributed by atoms with Crippen LogP contribution in [-0.2, 0) is 5.41 Å². The summed E-state index contributed by atoms with van der Waals surface area (Å²) in [7, 11) is 0. The summed E-state index contributed by atoms with van der Waals surface area (Å²) in [5, 5.41) is 10.8. The second-order valence-electron chi connectivity index (χ2n) is 6.79. The van der Waals surface area contributed by atoms with Crippen LogP contribution < -0.4 is 0 Å². The molecule has 4 aliphatic rings. The van der Waals surface area contributed by atoms with Crippen molar-refractivity contribution in [2.24, 2.45) is 23.7 Å². The fourth-order valence-corrected chi connectivity index (χ4v) is 5.50. The van der Waals surface area contributed by atoms with E-state index in [-0.39, 0.29) is 5.41 Å². The molecule has 0 spiro atoms. The van der Waals surface area contributed by atoms with Gasteiger partial charge >= 0.3 is 0 Å². The Bertz CT molecular complexity index is 511. The molecule has 0 saturated heterocycles. The van der Waals surface area contributed by atoms with Gasteiger partial charge in [0.15, 0.2) is 0 Å². The van der Waals surface area contributed by atoms with E-state index in [9.17, 15) is 5.26 Å². The quantitative estimate of drug-likeness (QED) is 0.735. The molecule has 4 aliphatic carbocycles. The Morgan fingerprint density at radius 2 is 1.47 bits per heavy atom. The maximum Gasteiger partial charge on any atom is 0.0878 e. The fraction of sp³-hybridized carbons (Fsp3) is 0.588. The summed E-state index contributed by atoms with van der Waals surface area (Å²) in [4.78, 5) is 0. The van der Waals surface area contributed by atoms with Crippen molar-refractivity contribution in [2.45, 2.75) is 37.5 Å². The highest BCUT2D eigenvalue weighted by Crippen LogP contribution is 2.62. The Hall–Kier alpha value is -1.00. The van der Waals surface area contributed by atoms with Gasteiger partial charge < -0.3 is 0 Å². The molecule has 0 aliphatic heterocycles. The third-order valence-corrected chi connectivity index (χ3v) is 6.18. The topological polar surface area (TPSA) is 23.8 Å². The van der Waals surface area contributed by atoms with Gasteiger partial charge in [-0.25, -0.2) is 0 Å². The van der Waals surface area contributed by atoms with Crippen molar-refractivity contribution in [3.63, 3.8) is 0 Å². The first-order valence-electron chi connectivity index (χ1n) is 7.39. The molecule has 0 heterocycles. The van der Waals surface area contributed by atoms with Crippen molar-refractivity contribution in [1.29, 1.82) is 5.26 Å². The van der Waals surface area contributed by atoms with E-state index >= 15 is 0 Å². The molecule has 1 aromatic carbocycles. The van der Waals surface area contributed by atoms with Gasteiger partial charge in [-0.15, -0.1) is 0 Å². The SMILES string of the molecule is N#CC1(c2ccc(Cl)cc2)C2CC3CC(C2)CC1C3. The molecular weight excluding hydrogens is 254 g/mol. The minimum Gasteiger partial charge on any atom is -0.197 e. The molecule has 4 bridgehead atoms. The van der Waals surface area contributed by atoms with Crippen LogP contribution in [0.2, 0.25) is 5.02 Å². The largest absolute Gasteiger partial charge is 0.197 e. The lowest BCUT2D eigenvalue weighted by atomic mass is 9.44. The van der Waals surface area contributed by atoms with E-state index in [1.165, 1.54) is 37.7 Å². The summed E-state index contributed by atoms with van der Waals surface area (Å²) < 4.78 is 0. The van der Waals surface area contributed by atoms with Gasteiger partial charge in [0.2, 0.25) is 0 Å². The Morgan fingerprint density at radius 3 is 1.95 bits per heavy atom. The molecule has 0 atom stereocenters. The lowest BCUT2D eigenvalue weighted by Gasteiger charge is -2.58. The Balaban J connectivity index is 1.82. The molecule has 98 valence electrons. The molecule has 1 nitrogen and oxygen atoms in total. The zero-order chi connectivity index (χ0) is 13.0. The Labute approximate surface area is 119 Å². The first-order chi connectivity index (χ1) is 9.22. The van der Waals surface area contributed by atoms with Crippen molar-refractivity contribution >= 4 is 11.6 Å². The number of nitriles is 1. The molecule has 4 saturated carbocycles. The molecule has 4 fully saturated rings. The molecular formula is C17H18ClN. The highest BCUT2D eigenvalue weighted by Gasteiger charge is 2.58. The molecule has 19 heavy (non-hydrogen) atoms. The number of nitrogens with zero attached hydrogens (tertiary/aromatic N) is 1. The average molecular weight is 272 g/mol. The average Bonchev–Trinajstić information content (AvgIpc) is 2.40. The first kappa shape index (κ1) is 11.8. The molecule has 0 aromatic heterocycles. The molecule has 0 N–H and O–H groups in total. The van der Waals surface area contributed by atoms with Gasteiger partial charge in [-0.2, -0.15) is 5.26 Å². The summed E-state index contributed by atoms with van der Waals surface area (Å²) in [6.07, 6.45) is 6.49. The summed E-state index contributed by atoms with van der Waals surface area (Å²) >= 11 is 6.01. The fourth-order valence-electron chi connectivity index (χ4n) is 5.37. The van der Waals surface area contributed by atoms with Crippen LogP contribution in [0.1, 0.15) is 37.7 Å². The first-order valence-corrected chi connectivity index (χ1v) is 7.77. The molecule has 2 heteroatoms. The van der Waals surface area contributed by atoms with E-state index in [1.807, 2.05) is 12.1 Å². The molecule has 5 rings (SSSR count). The van der Waals surface area contributed by atoms with Gasteiger partial charge in [0.05, 0.1) is 11.5 Å². The normalized spacial score (nSPS) is 43.2. The Morgan fingerprint density at radius 1 is 0.947 bits per heavy atom. The summed E-state index contributed by atoms with van der Waals surface area (Å²) in [5.41, 5.74) is 0.992. The predicted molar refractivity (Wildman–Crippen MR) is 75.8 cm³/mol. The molecule has 0 radical (unpaired) electrons. The van der Waals surface area contributed by atoms with Crippen molar-refractivity contribution in [3.05, 3.63) is 34.9 Å². The zero-order valence-corrected chi connectivity index (χ0v) is 11.7. The monoisotopic (exact) mass is 271 g/mol. The maximum atomic E-state index is 9.99. The summed E-state index contributed by atoms with van der Waals surface area (Å²) in [6, 6.07) is 10.8. The summed E-state index contributed by atoms with van der Waals surface area (Å²) in [6.45, 7) is 0. The van der Waals surface area contributed by atoms with E-state index in [0.717, 1.165) is 16.9 Å². The van der Waals surface area contributed by atoms with E-state index in [4.69, 9.17) is 11.6 Å². The lowest BCUT2D eigenvalue weighted by molar-refractivity contribution is -0.0347. The van der Waals surface area contributed by atoms with E-state index in [2.05, 4.69) is 18.2 Å². The van der Waals surface area contributed by atoms with Crippen LogP contribution in [0.3, 0.4) is 0 Å². The maximum absolute atomic E-state index is 9.99. The minimum atomic E-state index is -0.224. The van der Waals surface area contributed by atoms with Crippen molar-refractivity contribution < 1.29 is 0 Å². The standard InChI is InChI=1S/C17H18ClN/c18-16-3-1-13(2-4-16)17(10-19)14-6-11-5-12(8-14)9-15(17)7-11/h1-4,11-12,14-15H,5-9H2. The third-order valence-electron chi connectivity index (χ3n) is 5.93. The second kappa shape index (κ2) is 4.00. The van der Waals surface area contributed by atoms with Crippen LogP contribution in [0.5, 0.6) is 0 Å². The second-order valence-corrected chi connectivity index (χ2v) is 7.23. The van der Waals surface area contributed by atoms with Gasteiger partial charge in [-0.05, 0) is 73.5 Å². The highest BCUT2D eigenvalue weighted by molar-refractivity contribution is 6.30. The van der Waals surface area contributed by atoms with E-state index < -0.39 is 0 Å². The molecule has 0 unspecified atom stereocenters. The Kier molecular flexibility index (Phi) is 2.48. The number of halogens is 1. The zero-order valence-electron chi connectivity index (χ0n) is 11.0. The van der Waals surface area contributed by atoms with Gasteiger partial charge in [-0.3, -0.25) is 0 Å². The van der Waals surface area contributed by atoms with Crippen LogP contribution in [0.4, 0.5) is 0 Å². The smallest absolute Gasteiger partial charge is 0.0878 e. The van der Waals surface area contributed by atoms with Gasteiger partial charge in [0, 0.05) is 5.02 Å². The predicted octanol–water partition coefficient (Wildman–Crippen LogP) is 4.56. The van der Waals surface area contributed by atoms with Crippen LogP contribution in [0, 0.1) is 35.0 Å². The number of rotatable bonds is 1. The number of benzene rings is 1. The number of hydrogen-bond donors (Lipinski definition) is 0. The van der Waals surface area contributed by atoms with Crippen molar-refractivity contribution in [3.8, 4) is 6.07 Å². The lowest BCUT2D eigenvalue weighted by Crippen LogP contribution is -2.54. The van der Waals surface area contributed by atoms with E-state index in [0.29, 0.717) is 11.8 Å². The molecule has 1 aromatic rings. The highest BCUT2D eigenvalue weighted by atomic mass is 35.5. The van der Waals surface area contributed by atoms with Crippen molar-refractivity contribution in [2.75, 3.05) is 0 Å². The van der Waals surface area contributed by atoms with Gasteiger partial charge in [-0.1, -0.05) is 23.7 Å². The van der Waals surface area contributed by atoms with Crippen LogP contribution in [0.15, 0.2) is 24.3 Å². The van der Waals surface area contributed by atoms with Crippen LogP contribution in [-0.4, -0.2) is 0 Å².